The molecule has 3 rings (SSSR count). The maximum Gasteiger partial charge on any atom is 0.240 e. The monoisotopic (exact) mass is 288 g/mol. The number of amides is 2. The molecule has 0 aromatic heterocycles. The van der Waals surface area contributed by atoms with Gasteiger partial charge in [0, 0.05) is 13.1 Å². The Labute approximate surface area is 124 Å². The second-order valence-electron chi connectivity index (χ2n) is 5.74. The summed E-state index contributed by atoms with van der Waals surface area (Å²) in [4.78, 5) is 26.9. The molecule has 21 heavy (non-hydrogen) atoms. The summed E-state index contributed by atoms with van der Waals surface area (Å²) in [5.41, 5.74) is -0.226. The van der Waals surface area contributed by atoms with Crippen molar-refractivity contribution in [2.45, 2.75) is 25.7 Å². The van der Waals surface area contributed by atoms with Crippen molar-refractivity contribution in [1.29, 1.82) is 0 Å². The van der Waals surface area contributed by atoms with Crippen LogP contribution in [-0.2, 0) is 9.59 Å². The predicted molar refractivity (Wildman–Crippen MR) is 79.1 cm³/mol. The molecule has 5 nitrogen and oxygen atoms in total. The van der Waals surface area contributed by atoms with Gasteiger partial charge in [-0.3, -0.25) is 9.59 Å². The summed E-state index contributed by atoms with van der Waals surface area (Å²) in [5.74, 6) is 0.395. The molecule has 0 unspecified atom stereocenters. The van der Waals surface area contributed by atoms with Gasteiger partial charge < -0.3 is 15.0 Å². The Bertz CT molecular complexity index is 560. The Balaban J connectivity index is 1.74. The number of anilines is 1. The molecule has 1 aromatic rings. The van der Waals surface area contributed by atoms with Crippen LogP contribution in [0.15, 0.2) is 24.3 Å². The van der Waals surface area contributed by atoms with E-state index in [0.717, 1.165) is 25.9 Å². The van der Waals surface area contributed by atoms with E-state index in [9.17, 15) is 9.59 Å². The Morgan fingerprint density at radius 1 is 1.19 bits per heavy atom. The van der Waals surface area contributed by atoms with E-state index in [4.69, 9.17) is 4.74 Å². The van der Waals surface area contributed by atoms with Crippen molar-refractivity contribution in [3.8, 4) is 5.75 Å². The van der Waals surface area contributed by atoms with Crippen LogP contribution in [-0.4, -0.2) is 36.9 Å². The zero-order valence-corrected chi connectivity index (χ0v) is 12.2. The molecule has 0 radical (unpaired) electrons. The molecule has 1 saturated heterocycles. The van der Waals surface area contributed by atoms with E-state index in [1.807, 2.05) is 17.0 Å². The number of carbonyl (C=O) groups excluding carboxylic acids is 2. The van der Waals surface area contributed by atoms with E-state index in [1.165, 1.54) is 0 Å². The maximum atomic E-state index is 12.5. The predicted octanol–water partition coefficient (Wildman–Crippen LogP) is 2.04. The number of nitrogens with one attached hydrogen (secondary N) is 1. The van der Waals surface area contributed by atoms with Crippen molar-refractivity contribution >= 4 is 17.5 Å². The Morgan fingerprint density at radius 2 is 1.86 bits per heavy atom. The van der Waals surface area contributed by atoms with Crippen LogP contribution in [0.1, 0.15) is 25.7 Å². The molecule has 1 aromatic carbocycles. The maximum absolute atomic E-state index is 12.5. The van der Waals surface area contributed by atoms with Crippen molar-refractivity contribution in [3.63, 3.8) is 0 Å². The fourth-order valence-corrected chi connectivity index (χ4v) is 2.88. The third-order valence-corrected chi connectivity index (χ3v) is 4.34. The average Bonchev–Trinajstić information content (AvgIpc) is 3.14. The van der Waals surface area contributed by atoms with Crippen molar-refractivity contribution in [2.24, 2.45) is 5.41 Å². The first-order valence-corrected chi connectivity index (χ1v) is 7.41. The normalized spacial score (nSPS) is 19.2. The Morgan fingerprint density at radius 3 is 2.48 bits per heavy atom. The molecular formula is C16H20N2O3. The number of benzene rings is 1. The smallest absolute Gasteiger partial charge is 0.240 e. The third-order valence-electron chi connectivity index (χ3n) is 4.34. The van der Waals surface area contributed by atoms with Crippen LogP contribution in [0.2, 0.25) is 0 Å². The van der Waals surface area contributed by atoms with E-state index in [1.54, 1.807) is 19.2 Å². The summed E-state index contributed by atoms with van der Waals surface area (Å²) in [6, 6.07) is 7.25. The molecule has 5 heteroatoms. The summed E-state index contributed by atoms with van der Waals surface area (Å²) in [6.45, 7) is 1.56. The fraction of sp³-hybridized carbons (Fsp3) is 0.500. The second-order valence-corrected chi connectivity index (χ2v) is 5.74. The van der Waals surface area contributed by atoms with E-state index >= 15 is 0 Å². The molecule has 2 aliphatic rings. The van der Waals surface area contributed by atoms with Crippen LogP contribution in [0.4, 0.5) is 5.69 Å². The van der Waals surface area contributed by atoms with E-state index in [-0.39, 0.29) is 11.8 Å². The van der Waals surface area contributed by atoms with Gasteiger partial charge in [-0.25, -0.2) is 0 Å². The van der Waals surface area contributed by atoms with Crippen LogP contribution in [0.3, 0.4) is 0 Å². The molecule has 112 valence electrons. The number of hydrogen-bond acceptors (Lipinski definition) is 3. The van der Waals surface area contributed by atoms with Gasteiger partial charge in [0.2, 0.25) is 11.8 Å². The van der Waals surface area contributed by atoms with Crippen LogP contribution >= 0.6 is 0 Å². The highest BCUT2D eigenvalue weighted by molar-refractivity contribution is 6.13. The number of rotatable bonds is 4. The zero-order valence-electron chi connectivity index (χ0n) is 12.2. The first-order chi connectivity index (χ1) is 10.2. The van der Waals surface area contributed by atoms with Gasteiger partial charge in [0.25, 0.3) is 0 Å². The van der Waals surface area contributed by atoms with Crippen LogP contribution in [0.5, 0.6) is 5.75 Å². The van der Waals surface area contributed by atoms with Crippen LogP contribution in [0, 0.1) is 5.41 Å². The van der Waals surface area contributed by atoms with Gasteiger partial charge in [0.1, 0.15) is 11.2 Å². The highest BCUT2D eigenvalue weighted by Crippen LogP contribution is 2.49. The molecule has 0 spiro atoms. The number of para-hydroxylation sites is 2. The lowest BCUT2D eigenvalue weighted by Crippen LogP contribution is -2.41. The molecule has 2 fully saturated rings. The fourth-order valence-electron chi connectivity index (χ4n) is 2.88. The lowest BCUT2D eigenvalue weighted by Gasteiger charge is -2.22. The van der Waals surface area contributed by atoms with Gasteiger partial charge in [-0.15, -0.1) is 0 Å². The molecule has 0 bridgehead atoms. The van der Waals surface area contributed by atoms with Gasteiger partial charge in [0.05, 0.1) is 12.8 Å². The summed E-state index contributed by atoms with van der Waals surface area (Å²) in [6.07, 6.45) is 3.36. The lowest BCUT2D eigenvalue weighted by atomic mass is 10.0. The summed E-state index contributed by atoms with van der Waals surface area (Å²) in [5, 5.41) is 2.86. The number of likely N-dealkylation sites (tertiary alicyclic amines) is 1. The molecular weight excluding hydrogens is 268 g/mol. The van der Waals surface area contributed by atoms with Crippen LogP contribution in [0.25, 0.3) is 0 Å². The number of ether oxygens (including phenoxy) is 1. The van der Waals surface area contributed by atoms with Gasteiger partial charge in [-0.2, -0.15) is 0 Å². The number of hydrogen-bond donors (Lipinski definition) is 1. The van der Waals surface area contributed by atoms with Gasteiger partial charge in [0.15, 0.2) is 0 Å². The van der Waals surface area contributed by atoms with E-state index in [2.05, 4.69) is 5.32 Å². The molecule has 1 aliphatic heterocycles. The molecule has 1 saturated carbocycles. The summed E-state index contributed by atoms with van der Waals surface area (Å²) in [7, 11) is 1.56. The molecule has 1 N–H and O–H groups in total. The molecule has 1 aliphatic carbocycles. The van der Waals surface area contributed by atoms with Gasteiger partial charge in [-0.1, -0.05) is 12.1 Å². The number of methoxy groups -OCH3 is 1. The lowest BCUT2D eigenvalue weighted by molar-refractivity contribution is -0.141. The Kier molecular flexibility index (Phi) is 3.57. The minimum atomic E-state index is -0.842. The zero-order chi connectivity index (χ0) is 14.9. The highest BCUT2D eigenvalue weighted by atomic mass is 16.5. The first-order valence-electron chi connectivity index (χ1n) is 7.41. The van der Waals surface area contributed by atoms with E-state index in [0.29, 0.717) is 24.3 Å². The van der Waals surface area contributed by atoms with Crippen LogP contribution < -0.4 is 10.1 Å². The topological polar surface area (TPSA) is 58.6 Å². The number of nitrogens with zero attached hydrogens (tertiary/aromatic N) is 1. The van der Waals surface area contributed by atoms with Crippen molar-refractivity contribution in [2.75, 3.05) is 25.5 Å². The quantitative estimate of drug-likeness (QED) is 0.863. The minimum Gasteiger partial charge on any atom is -0.495 e. The number of carbonyl (C=O) groups is 2. The van der Waals surface area contributed by atoms with Crippen molar-refractivity contribution in [3.05, 3.63) is 24.3 Å². The largest absolute Gasteiger partial charge is 0.495 e. The summed E-state index contributed by atoms with van der Waals surface area (Å²) >= 11 is 0. The van der Waals surface area contributed by atoms with Gasteiger partial charge >= 0.3 is 0 Å². The highest BCUT2D eigenvalue weighted by Gasteiger charge is 2.58. The SMILES string of the molecule is COc1ccccc1NC(=O)C1(C(=O)N2CCCC2)CC1. The molecule has 0 atom stereocenters. The standard InChI is InChI=1S/C16H20N2O3/c1-21-13-7-3-2-6-12(13)17-14(19)16(8-9-16)15(20)18-10-4-5-11-18/h2-3,6-7H,4-5,8-11H2,1H3,(H,17,19). The third kappa shape index (κ3) is 2.48. The molecule has 1 heterocycles. The average molecular weight is 288 g/mol. The van der Waals surface area contributed by atoms with Crippen molar-refractivity contribution in [1.82, 2.24) is 4.90 Å². The summed E-state index contributed by atoms with van der Waals surface area (Å²) < 4.78 is 5.23. The Hall–Kier alpha value is -2.04. The van der Waals surface area contributed by atoms with E-state index < -0.39 is 5.41 Å². The second kappa shape index (κ2) is 5.39. The minimum absolute atomic E-state index is 0.00704. The van der Waals surface area contributed by atoms with Gasteiger partial charge in [-0.05, 0) is 37.8 Å². The molecule has 2 amide bonds. The van der Waals surface area contributed by atoms with Crippen molar-refractivity contribution < 1.29 is 14.3 Å². The first kappa shape index (κ1) is 13.9.